The molecule has 0 saturated heterocycles. The molecule has 0 amide bonds. The molecule has 4 nitrogen and oxygen atoms in total. The molecule has 10 aromatic rings. The summed E-state index contributed by atoms with van der Waals surface area (Å²) in [6, 6.07) is 103. The molecule has 0 N–H and O–H groups in total. The topological polar surface area (TPSA) is 36.9 Å². The Labute approximate surface area is 431 Å². The predicted octanol–water partition coefficient (Wildman–Crippen LogP) is 7.81. The molecule has 0 fully saturated rings. The summed E-state index contributed by atoms with van der Waals surface area (Å²) >= 11 is 16.9. The van der Waals surface area contributed by atoms with Gasteiger partial charge in [0.1, 0.15) is 0 Å². The van der Waals surface area contributed by atoms with Crippen molar-refractivity contribution in [3.05, 3.63) is 303 Å². The van der Waals surface area contributed by atoms with Gasteiger partial charge in [0.2, 0.25) is 0 Å². The maximum absolute atomic E-state index is 8.74. The van der Waals surface area contributed by atoms with Gasteiger partial charge in [-0.25, -0.2) is 0 Å². The first-order valence-electron chi connectivity index (χ1n) is 23.6. The zero-order valence-corrected chi connectivity index (χ0v) is 45.3. The molecule has 0 bridgehead atoms. The van der Waals surface area contributed by atoms with E-state index in [1.807, 2.05) is 158 Å². The van der Waals surface area contributed by atoms with Gasteiger partial charge in [0, 0.05) is 0 Å². The molecular formula is C60H50Cl2O4Si5. The molecule has 0 heterocycles. The van der Waals surface area contributed by atoms with E-state index in [0.717, 1.165) is 51.9 Å². The maximum Gasteiger partial charge on any atom is 0.390 e. The van der Waals surface area contributed by atoms with Gasteiger partial charge in [-0.3, -0.25) is 0 Å². The predicted molar refractivity (Wildman–Crippen MR) is 306 cm³/mol. The Hall–Kier alpha value is -6.30. The summed E-state index contributed by atoms with van der Waals surface area (Å²) in [5, 5.41) is 8.72. The van der Waals surface area contributed by atoms with Crippen molar-refractivity contribution < 1.29 is 16.5 Å². The monoisotopic (exact) mass is 1040 g/mol. The van der Waals surface area contributed by atoms with Crippen LogP contribution in [0, 0.1) is 0 Å². The Morgan fingerprint density at radius 1 is 0.169 bits per heavy atom. The van der Waals surface area contributed by atoms with E-state index in [1.54, 1.807) is 0 Å². The summed E-state index contributed by atoms with van der Waals surface area (Å²) in [7, 11) is -20.4. The minimum atomic E-state index is -4.35. The standard InChI is InChI=1S/C60H50Cl2O4Si5/c61-67(51-31-11-1-12-32-51,52-33-13-2-14-34-52)63-69(55-39-19-5-20-40-55,56-41-21-6-22-42-56)65-71(59-47-27-9-28-48-59,60-49-29-10-30-50-60)66-70(57-43-23-7-24-44-57,58-45-25-8-26-46-58)64-68(62,53-35-15-3-16-36-53)54-37-17-4-18-38-54/h1-50H. The summed E-state index contributed by atoms with van der Waals surface area (Å²) in [4.78, 5) is 0. The van der Waals surface area contributed by atoms with Gasteiger partial charge in [-0.1, -0.05) is 303 Å². The zero-order chi connectivity index (χ0) is 48.5. The molecule has 0 spiro atoms. The summed E-state index contributed by atoms with van der Waals surface area (Å²) < 4.78 is 34.0. The van der Waals surface area contributed by atoms with Crippen molar-refractivity contribution in [2.75, 3.05) is 0 Å². The average Bonchev–Trinajstić information content (AvgIpc) is 3.47. The lowest BCUT2D eigenvalue weighted by Gasteiger charge is -2.49. The zero-order valence-electron chi connectivity index (χ0n) is 38.8. The van der Waals surface area contributed by atoms with E-state index in [9.17, 15) is 0 Å². The second-order valence-corrected chi connectivity index (χ2v) is 35.4. The van der Waals surface area contributed by atoms with Crippen LogP contribution in [-0.2, 0) is 16.5 Å². The fraction of sp³-hybridized carbons (Fsp3) is 0. The highest BCUT2D eigenvalue weighted by atomic mass is 35.6. The molecule has 348 valence electrons. The quantitative estimate of drug-likeness (QED) is 0.0650. The first kappa shape index (κ1) is 48.3. The van der Waals surface area contributed by atoms with E-state index < -0.39 is 40.9 Å². The Morgan fingerprint density at radius 3 is 0.451 bits per heavy atom. The summed E-state index contributed by atoms with van der Waals surface area (Å²) in [6.07, 6.45) is 0. The van der Waals surface area contributed by atoms with E-state index in [1.165, 1.54) is 0 Å². The molecule has 0 aliphatic carbocycles. The van der Waals surface area contributed by atoms with Crippen molar-refractivity contribution in [3.63, 3.8) is 0 Å². The Kier molecular flexibility index (Phi) is 14.7. The van der Waals surface area contributed by atoms with Crippen LogP contribution in [0.25, 0.3) is 0 Å². The van der Waals surface area contributed by atoms with Crippen molar-refractivity contribution in [3.8, 4) is 0 Å². The average molecular weight is 1050 g/mol. The molecule has 11 heteroatoms. The van der Waals surface area contributed by atoms with Crippen LogP contribution < -0.4 is 51.9 Å². The van der Waals surface area contributed by atoms with E-state index in [-0.39, 0.29) is 0 Å². The van der Waals surface area contributed by atoms with E-state index in [2.05, 4.69) is 146 Å². The SMILES string of the molecule is Cl[Si](O[Si](O[Si](O[Si](O[Si](Cl)(c1ccccc1)c1ccccc1)(c1ccccc1)c1ccccc1)(c1ccccc1)c1ccccc1)(c1ccccc1)c1ccccc1)(c1ccccc1)c1ccccc1. The van der Waals surface area contributed by atoms with Crippen molar-refractivity contribution in [1.29, 1.82) is 0 Å². The maximum atomic E-state index is 8.74. The highest BCUT2D eigenvalue weighted by Crippen LogP contribution is 2.30. The number of benzene rings is 10. The van der Waals surface area contributed by atoms with E-state index in [0.29, 0.717) is 0 Å². The third kappa shape index (κ3) is 9.75. The first-order valence-corrected chi connectivity index (χ1v) is 34.9. The minimum absolute atomic E-state index is 0.855. The molecule has 0 aliphatic heterocycles. The van der Waals surface area contributed by atoms with Gasteiger partial charge in [0.15, 0.2) is 0 Å². The Balaban J connectivity index is 1.34. The Morgan fingerprint density at radius 2 is 0.296 bits per heavy atom. The lowest BCUT2D eigenvalue weighted by atomic mass is 10.4. The molecular weight excluding hydrogens is 996 g/mol. The van der Waals surface area contributed by atoms with Crippen molar-refractivity contribution >= 4 is 115 Å². The van der Waals surface area contributed by atoms with Crippen molar-refractivity contribution in [2.24, 2.45) is 0 Å². The van der Waals surface area contributed by atoms with Gasteiger partial charge in [0.05, 0.1) is 0 Å². The van der Waals surface area contributed by atoms with Gasteiger partial charge in [-0.05, 0) is 51.9 Å². The number of rotatable bonds is 18. The van der Waals surface area contributed by atoms with Crippen LogP contribution in [0.5, 0.6) is 0 Å². The van der Waals surface area contributed by atoms with Crippen LogP contribution in [0.15, 0.2) is 303 Å². The fourth-order valence-corrected chi connectivity index (χ4v) is 36.2. The summed E-state index contributed by atoms with van der Waals surface area (Å²) in [5.74, 6) is 0. The number of hydrogen-bond acceptors (Lipinski definition) is 4. The van der Waals surface area contributed by atoms with Crippen molar-refractivity contribution in [1.82, 2.24) is 0 Å². The third-order valence-electron chi connectivity index (χ3n) is 12.6. The molecule has 0 saturated carbocycles. The van der Waals surface area contributed by atoms with Crippen LogP contribution in [-0.4, -0.2) is 40.9 Å². The van der Waals surface area contributed by atoms with E-state index in [4.69, 9.17) is 38.6 Å². The summed E-state index contributed by atoms with van der Waals surface area (Å²) in [5.41, 5.74) is 0. The molecule has 0 aromatic heterocycles. The van der Waals surface area contributed by atoms with Crippen LogP contribution in [0.2, 0.25) is 0 Å². The van der Waals surface area contributed by atoms with Gasteiger partial charge in [-0.15, -0.1) is 22.2 Å². The van der Waals surface area contributed by atoms with Crippen LogP contribution in [0.4, 0.5) is 0 Å². The fourth-order valence-electron chi connectivity index (χ4n) is 9.20. The highest BCUT2D eigenvalue weighted by Gasteiger charge is 2.63. The lowest BCUT2D eigenvalue weighted by Crippen LogP contribution is -2.83. The lowest BCUT2D eigenvalue weighted by molar-refractivity contribution is 0.332. The molecule has 0 radical (unpaired) electrons. The van der Waals surface area contributed by atoms with E-state index >= 15 is 0 Å². The molecule has 10 rings (SSSR count). The first-order chi connectivity index (χ1) is 34.9. The van der Waals surface area contributed by atoms with Gasteiger partial charge in [0.25, 0.3) is 0 Å². The minimum Gasteiger partial charge on any atom is -0.411 e. The molecule has 10 aromatic carbocycles. The normalized spacial score (nSPS) is 12.3. The number of halogens is 2. The van der Waals surface area contributed by atoms with Crippen molar-refractivity contribution in [2.45, 2.75) is 0 Å². The highest BCUT2D eigenvalue weighted by molar-refractivity contribution is 7.34. The number of hydrogen-bond donors (Lipinski definition) is 0. The van der Waals surface area contributed by atoms with Gasteiger partial charge < -0.3 is 16.5 Å². The second-order valence-electron chi connectivity index (χ2n) is 17.1. The molecule has 0 atom stereocenters. The third-order valence-corrected chi connectivity index (χ3v) is 36.7. The second kappa shape index (κ2) is 21.6. The van der Waals surface area contributed by atoms with Gasteiger partial charge >= 0.3 is 40.9 Å². The molecule has 0 unspecified atom stereocenters. The van der Waals surface area contributed by atoms with Crippen LogP contribution >= 0.6 is 22.2 Å². The summed E-state index contributed by atoms with van der Waals surface area (Å²) in [6.45, 7) is 0. The van der Waals surface area contributed by atoms with Crippen LogP contribution in [0.1, 0.15) is 0 Å². The molecule has 0 aliphatic rings. The Bertz CT molecular complexity index is 2840. The largest absolute Gasteiger partial charge is 0.411 e. The van der Waals surface area contributed by atoms with Gasteiger partial charge in [-0.2, -0.15) is 0 Å². The molecule has 71 heavy (non-hydrogen) atoms. The van der Waals surface area contributed by atoms with Crippen LogP contribution in [0.3, 0.4) is 0 Å². The smallest absolute Gasteiger partial charge is 0.390 e.